The molecule has 0 fully saturated rings. The average Bonchev–Trinajstić information content (AvgIpc) is 3.14. The average molecular weight is 404 g/mol. The van der Waals surface area contributed by atoms with Gasteiger partial charge in [-0.15, -0.1) is 5.10 Å². The summed E-state index contributed by atoms with van der Waals surface area (Å²) in [4.78, 5) is 38.8. The molecule has 2 N–H and O–H groups in total. The number of fused-ring (bicyclic) bond motifs is 1. The van der Waals surface area contributed by atoms with Crippen LogP contribution in [0, 0.1) is 10.1 Å². The van der Waals surface area contributed by atoms with Gasteiger partial charge in [0.15, 0.2) is 0 Å². The van der Waals surface area contributed by atoms with Gasteiger partial charge in [0.05, 0.1) is 17.4 Å². The number of carbonyl (C=O) groups is 2. The predicted molar refractivity (Wildman–Crippen MR) is 109 cm³/mol. The molecular weight excluding hydrogens is 388 g/mol. The number of nitrogens with zero attached hydrogens (tertiary/aromatic N) is 4. The Hall–Kier alpha value is -4.34. The van der Waals surface area contributed by atoms with E-state index in [9.17, 15) is 19.7 Å². The highest BCUT2D eigenvalue weighted by Gasteiger charge is 2.29. The number of nitrogens with one attached hydrogen (secondary N) is 2. The number of benzene rings is 2. The van der Waals surface area contributed by atoms with Crippen LogP contribution in [0.25, 0.3) is 6.08 Å². The molecule has 10 heteroatoms. The van der Waals surface area contributed by atoms with E-state index >= 15 is 0 Å². The van der Waals surface area contributed by atoms with Crippen molar-refractivity contribution in [3.8, 4) is 0 Å². The molecule has 0 spiro atoms. The molecule has 2 aromatic carbocycles. The Morgan fingerprint density at radius 2 is 2.03 bits per heavy atom. The fraction of sp³-hybridized carbons (Fsp3) is 0.100. The third kappa shape index (κ3) is 4.07. The van der Waals surface area contributed by atoms with E-state index in [1.165, 1.54) is 30.4 Å². The van der Waals surface area contributed by atoms with Crippen molar-refractivity contribution >= 4 is 35.5 Å². The molecule has 150 valence electrons. The van der Waals surface area contributed by atoms with Crippen LogP contribution in [-0.4, -0.2) is 31.5 Å². The monoisotopic (exact) mass is 404 g/mol. The summed E-state index contributed by atoms with van der Waals surface area (Å²) in [6.07, 6.45) is 2.89. The number of amides is 2. The number of carbonyl (C=O) groups excluding carboxylic acids is 2. The molecule has 0 radical (unpaired) electrons. The molecule has 3 aromatic rings. The topological polar surface area (TPSA) is 132 Å². The number of hydrogen-bond acceptors (Lipinski definition) is 6. The van der Waals surface area contributed by atoms with Crippen molar-refractivity contribution in [2.45, 2.75) is 12.5 Å². The van der Waals surface area contributed by atoms with Crippen LogP contribution in [0.4, 0.5) is 17.6 Å². The van der Waals surface area contributed by atoms with Gasteiger partial charge >= 0.3 is 0 Å². The number of anilines is 2. The summed E-state index contributed by atoms with van der Waals surface area (Å²) in [7, 11) is 0. The molecule has 10 nitrogen and oxygen atoms in total. The maximum atomic E-state index is 12.2. The lowest BCUT2D eigenvalue weighted by Crippen LogP contribution is -2.29. The van der Waals surface area contributed by atoms with E-state index in [0.717, 1.165) is 5.56 Å². The van der Waals surface area contributed by atoms with Crippen molar-refractivity contribution in [3.63, 3.8) is 0 Å². The van der Waals surface area contributed by atoms with Gasteiger partial charge in [-0.2, -0.15) is 4.98 Å². The SMILES string of the molecule is O=C(/C=C/c1cccc([N+](=O)[O-])c1)Nc1nc2n(n1)[C@H](c1ccccc1)CC(=O)N2. The first-order valence-electron chi connectivity index (χ1n) is 9.04. The maximum Gasteiger partial charge on any atom is 0.270 e. The summed E-state index contributed by atoms with van der Waals surface area (Å²) in [6.45, 7) is 0. The molecule has 0 aliphatic carbocycles. The molecule has 0 bridgehead atoms. The van der Waals surface area contributed by atoms with Crippen molar-refractivity contribution in [1.29, 1.82) is 0 Å². The molecule has 2 heterocycles. The number of aromatic nitrogens is 3. The van der Waals surface area contributed by atoms with E-state index in [1.54, 1.807) is 10.7 Å². The molecule has 1 aromatic heterocycles. The molecule has 0 saturated carbocycles. The van der Waals surface area contributed by atoms with Crippen LogP contribution in [0.5, 0.6) is 0 Å². The van der Waals surface area contributed by atoms with Gasteiger partial charge in [0.25, 0.3) is 17.5 Å². The van der Waals surface area contributed by atoms with Gasteiger partial charge in [0.2, 0.25) is 11.9 Å². The molecule has 2 amide bonds. The van der Waals surface area contributed by atoms with Gasteiger partial charge in [-0.1, -0.05) is 42.5 Å². The van der Waals surface area contributed by atoms with E-state index < -0.39 is 10.8 Å². The zero-order chi connectivity index (χ0) is 21.1. The molecule has 1 aliphatic heterocycles. The summed E-state index contributed by atoms with van der Waals surface area (Å²) in [5.41, 5.74) is 1.35. The second-order valence-electron chi connectivity index (χ2n) is 6.56. The molecule has 0 unspecified atom stereocenters. The predicted octanol–water partition coefficient (Wildman–Crippen LogP) is 2.77. The zero-order valence-electron chi connectivity index (χ0n) is 15.6. The second kappa shape index (κ2) is 7.95. The number of nitro groups is 1. The Balaban J connectivity index is 1.51. The van der Waals surface area contributed by atoms with E-state index in [0.29, 0.717) is 5.56 Å². The van der Waals surface area contributed by atoms with Crippen LogP contribution < -0.4 is 10.6 Å². The minimum absolute atomic E-state index is 0.0434. The van der Waals surface area contributed by atoms with Crippen molar-refractivity contribution in [3.05, 3.63) is 81.9 Å². The van der Waals surface area contributed by atoms with Crippen molar-refractivity contribution in [1.82, 2.24) is 14.8 Å². The largest absolute Gasteiger partial charge is 0.295 e. The lowest BCUT2D eigenvalue weighted by molar-refractivity contribution is -0.384. The first-order valence-corrected chi connectivity index (χ1v) is 9.04. The van der Waals surface area contributed by atoms with Crippen molar-refractivity contribution in [2.75, 3.05) is 10.6 Å². The minimum Gasteiger partial charge on any atom is -0.295 e. The summed E-state index contributed by atoms with van der Waals surface area (Å²) in [6, 6.07) is 15.0. The molecule has 1 atom stereocenters. The van der Waals surface area contributed by atoms with E-state index in [1.807, 2.05) is 30.3 Å². The zero-order valence-corrected chi connectivity index (χ0v) is 15.6. The number of non-ortho nitro benzene ring substituents is 1. The Morgan fingerprint density at radius 3 is 2.80 bits per heavy atom. The lowest BCUT2D eigenvalue weighted by atomic mass is 10.0. The highest BCUT2D eigenvalue weighted by molar-refractivity contribution is 6.01. The van der Waals surface area contributed by atoms with Crippen LogP contribution in [0.15, 0.2) is 60.7 Å². The molecular formula is C20H16N6O4. The fourth-order valence-corrected chi connectivity index (χ4v) is 3.12. The minimum atomic E-state index is -0.507. The normalized spacial score (nSPS) is 15.5. The highest BCUT2D eigenvalue weighted by Crippen LogP contribution is 2.29. The first-order chi connectivity index (χ1) is 14.5. The van der Waals surface area contributed by atoms with E-state index in [-0.39, 0.29) is 36.0 Å². The van der Waals surface area contributed by atoms with Gasteiger partial charge in [-0.3, -0.25) is 30.3 Å². The van der Waals surface area contributed by atoms with Crippen LogP contribution in [0.2, 0.25) is 0 Å². The summed E-state index contributed by atoms with van der Waals surface area (Å²) in [5, 5.41) is 20.3. The van der Waals surface area contributed by atoms with Gasteiger partial charge in [-0.25, -0.2) is 4.68 Å². The maximum absolute atomic E-state index is 12.2. The standard InChI is InChI=1S/C20H16N6O4/c27-17(10-9-13-5-4-8-15(11-13)26(29)30)21-19-23-20-22-18(28)12-16(25(20)24-19)14-6-2-1-3-7-14/h1-11,16H,12H2,(H2,21,22,23,24,27,28)/b10-9+/t16-/m0/s1. The summed E-state index contributed by atoms with van der Waals surface area (Å²) in [5.74, 6) is -0.404. The molecule has 1 aliphatic rings. The van der Waals surface area contributed by atoms with E-state index in [2.05, 4.69) is 20.7 Å². The van der Waals surface area contributed by atoms with Crippen LogP contribution in [0.3, 0.4) is 0 Å². The molecule has 30 heavy (non-hydrogen) atoms. The molecule has 0 saturated heterocycles. The highest BCUT2D eigenvalue weighted by atomic mass is 16.6. The number of nitro benzene ring substituents is 1. The third-order valence-corrected chi connectivity index (χ3v) is 4.48. The number of rotatable bonds is 5. The Labute approximate surface area is 170 Å². The van der Waals surface area contributed by atoms with Crippen molar-refractivity contribution < 1.29 is 14.5 Å². The number of hydrogen-bond donors (Lipinski definition) is 2. The summed E-state index contributed by atoms with van der Waals surface area (Å²) < 4.78 is 1.57. The quantitative estimate of drug-likeness (QED) is 0.382. The van der Waals surface area contributed by atoms with Gasteiger partial charge in [0, 0.05) is 18.2 Å². The van der Waals surface area contributed by atoms with Crippen LogP contribution >= 0.6 is 0 Å². The Bertz CT molecular complexity index is 1160. The van der Waals surface area contributed by atoms with Gasteiger partial charge in [-0.05, 0) is 17.2 Å². The van der Waals surface area contributed by atoms with Crippen LogP contribution in [-0.2, 0) is 9.59 Å². The third-order valence-electron chi connectivity index (χ3n) is 4.48. The fourth-order valence-electron chi connectivity index (χ4n) is 3.12. The van der Waals surface area contributed by atoms with E-state index in [4.69, 9.17) is 0 Å². The first kappa shape index (κ1) is 19.0. The van der Waals surface area contributed by atoms with Gasteiger partial charge < -0.3 is 0 Å². The summed E-state index contributed by atoms with van der Waals surface area (Å²) >= 11 is 0. The van der Waals surface area contributed by atoms with Crippen molar-refractivity contribution in [2.24, 2.45) is 0 Å². The van der Waals surface area contributed by atoms with Gasteiger partial charge in [0.1, 0.15) is 0 Å². The molecule has 4 rings (SSSR count). The smallest absolute Gasteiger partial charge is 0.270 e. The lowest BCUT2D eigenvalue weighted by Gasteiger charge is -2.23. The van der Waals surface area contributed by atoms with Crippen LogP contribution in [0.1, 0.15) is 23.6 Å². The Kier molecular flexibility index (Phi) is 5.04. The Morgan fingerprint density at radius 1 is 1.23 bits per heavy atom. The second-order valence-corrected chi connectivity index (χ2v) is 6.56.